The highest BCUT2D eigenvalue weighted by molar-refractivity contribution is 5.37. The molecule has 0 bridgehead atoms. The van der Waals surface area contributed by atoms with Crippen molar-refractivity contribution in [3.05, 3.63) is 52.3 Å². The number of nitrogens with zero attached hydrogens (tertiary/aromatic N) is 1. The van der Waals surface area contributed by atoms with Crippen LogP contribution in [0.15, 0.2) is 41.2 Å². The Balaban J connectivity index is 1.80. The van der Waals surface area contributed by atoms with Crippen LogP contribution < -0.4 is 16.6 Å². The number of aromatic amines is 1. The average Bonchev–Trinajstić information content (AvgIpc) is 2.35. The van der Waals surface area contributed by atoms with E-state index >= 15 is 0 Å². The van der Waals surface area contributed by atoms with Gasteiger partial charge in [-0.15, -0.1) is 0 Å². The van der Waals surface area contributed by atoms with Gasteiger partial charge in [0.25, 0.3) is 5.56 Å². The van der Waals surface area contributed by atoms with Gasteiger partial charge >= 0.3 is 0 Å². The summed E-state index contributed by atoms with van der Waals surface area (Å²) in [6.07, 6.45) is 1.96. The first-order chi connectivity index (χ1) is 8.74. The topological polar surface area (TPSA) is 83.8 Å². The van der Waals surface area contributed by atoms with Crippen molar-refractivity contribution in [2.75, 3.05) is 17.6 Å². The summed E-state index contributed by atoms with van der Waals surface area (Å²) < 4.78 is 0. The third-order valence-electron chi connectivity index (χ3n) is 2.55. The quantitative estimate of drug-likeness (QED) is 0.694. The molecule has 0 unspecified atom stereocenters. The molecule has 5 nitrogen and oxygen atoms in total. The summed E-state index contributed by atoms with van der Waals surface area (Å²) in [5.74, 6) is 0.650. The van der Waals surface area contributed by atoms with Gasteiger partial charge in [-0.1, -0.05) is 30.3 Å². The summed E-state index contributed by atoms with van der Waals surface area (Å²) >= 11 is 0. The summed E-state index contributed by atoms with van der Waals surface area (Å²) in [5.41, 5.74) is 6.51. The lowest BCUT2D eigenvalue weighted by molar-refractivity contribution is 0.858. The molecule has 2 rings (SSSR count). The van der Waals surface area contributed by atoms with Crippen molar-refractivity contribution in [1.82, 2.24) is 9.97 Å². The zero-order valence-electron chi connectivity index (χ0n) is 10.0. The number of hydrogen-bond acceptors (Lipinski definition) is 4. The fraction of sp³-hybridized carbons (Fsp3) is 0.231. The Morgan fingerprint density at radius 3 is 2.78 bits per heavy atom. The predicted octanol–water partition coefficient (Wildman–Crippen LogP) is 1.40. The van der Waals surface area contributed by atoms with Crippen LogP contribution in [-0.2, 0) is 6.42 Å². The molecule has 0 radical (unpaired) electrons. The van der Waals surface area contributed by atoms with Crippen molar-refractivity contribution in [2.24, 2.45) is 0 Å². The van der Waals surface area contributed by atoms with Crippen molar-refractivity contribution in [3.8, 4) is 0 Å². The first-order valence-electron chi connectivity index (χ1n) is 5.89. The molecule has 1 aromatic carbocycles. The maximum atomic E-state index is 11.1. The highest BCUT2D eigenvalue weighted by Gasteiger charge is 1.97. The largest absolute Gasteiger partial charge is 0.370 e. The number of aryl methyl sites for hydroxylation is 1. The van der Waals surface area contributed by atoms with E-state index < -0.39 is 0 Å². The molecule has 5 heteroatoms. The molecule has 0 spiro atoms. The van der Waals surface area contributed by atoms with Gasteiger partial charge in [-0.05, 0) is 18.4 Å². The number of rotatable bonds is 5. The van der Waals surface area contributed by atoms with E-state index in [0.29, 0.717) is 5.82 Å². The number of aromatic nitrogens is 2. The second kappa shape index (κ2) is 5.86. The number of benzene rings is 1. The van der Waals surface area contributed by atoms with E-state index in [9.17, 15) is 4.79 Å². The van der Waals surface area contributed by atoms with Gasteiger partial charge in [-0.2, -0.15) is 4.98 Å². The van der Waals surface area contributed by atoms with Crippen LogP contribution in [-0.4, -0.2) is 16.5 Å². The summed E-state index contributed by atoms with van der Waals surface area (Å²) in [5, 5.41) is 3.09. The molecule has 0 fully saturated rings. The average molecular weight is 244 g/mol. The SMILES string of the molecule is Nc1nc(NCCCc2ccccc2)cc(=O)[nH]1. The predicted molar refractivity (Wildman–Crippen MR) is 72.5 cm³/mol. The maximum Gasteiger partial charge on any atom is 0.254 e. The molecule has 4 N–H and O–H groups in total. The molecule has 94 valence electrons. The zero-order valence-corrected chi connectivity index (χ0v) is 10.0. The Kier molecular flexibility index (Phi) is 3.96. The van der Waals surface area contributed by atoms with E-state index in [1.807, 2.05) is 18.2 Å². The second-order valence-corrected chi connectivity index (χ2v) is 4.03. The van der Waals surface area contributed by atoms with Crippen molar-refractivity contribution in [2.45, 2.75) is 12.8 Å². The Morgan fingerprint density at radius 1 is 1.28 bits per heavy atom. The summed E-state index contributed by atoms with van der Waals surface area (Å²) in [6.45, 7) is 0.755. The fourth-order valence-corrected chi connectivity index (χ4v) is 1.72. The lowest BCUT2D eigenvalue weighted by atomic mass is 10.1. The highest BCUT2D eigenvalue weighted by Crippen LogP contribution is 2.04. The summed E-state index contributed by atoms with van der Waals surface area (Å²) in [7, 11) is 0. The molecule has 2 aromatic rings. The standard InChI is InChI=1S/C13H16N4O/c14-13-16-11(9-12(18)17-13)15-8-4-7-10-5-2-1-3-6-10/h1-3,5-6,9H,4,7-8H2,(H4,14,15,16,17,18). The minimum atomic E-state index is -0.243. The Bertz CT molecular complexity index is 550. The maximum absolute atomic E-state index is 11.1. The van der Waals surface area contributed by atoms with Gasteiger partial charge in [0.1, 0.15) is 5.82 Å². The number of anilines is 2. The van der Waals surface area contributed by atoms with E-state index in [0.717, 1.165) is 19.4 Å². The molecule has 0 amide bonds. The van der Waals surface area contributed by atoms with Gasteiger partial charge in [-0.25, -0.2) is 0 Å². The van der Waals surface area contributed by atoms with Crippen molar-refractivity contribution in [1.29, 1.82) is 0 Å². The minimum Gasteiger partial charge on any atom is -0.370 e. The van der Waals surface area contributed by atoms with E-state index in [-0.39, 0.29) is 11.5 Å². The zero-order chi connectivity index (χ0) is 12.8. The molecule has 0 aliphatic rings. The molecule has 1 heterocycles. The van der Waals surface area contributed by atoms with Gasteiger partial charge in [0, 0.05) is 12.6 Å². The molecule has 0 saturated carbocycles. The number of hydrogen-bond donors (Lipinski definition) is 3. The molecule has 18 heavy (non-hydrogen) atoms. The smallest absolute Gasteiger partial charge is 0.254 e. The normalized spacial score (nSPS) is 10.2. The second-order valence-electron chi connectivity index (χ2n) is 4.03. The lowest BCUT2D eigenvalue weighted by Crippen LogP contribution is -2.13. The Labute approximate surface area is 105 Å². The third kappa shape index (κ3) is 3.62. The van der Waals surface area contributed by atoms with Crippen LogP contribution in [0.4, 0.5) is 11.8 Å². The van der Waals surface area contributed by atoms with Crippen LogP contribution in [0.1, 0.15) is 12.0 Å². The van der Waals surface area contributed by atoms with Gasteiger partial charge in [0.15, 0.2) is 0 Å². The van der Waals surface area contributed by atoms with Gasteiger partial charge in [0.2, 0.25) is 5.95 Å². The Hall–Kier alpha value is -2.30. The number of nitrogen functional groups attached to an aromatic ring is 1. The molecule has 0 aliphatic carbocycles. The molecule has 0 saturated heterocycles. The fourth-order valence-electron chi connectivity index (χ4n) is 1.72. The number of nitrogens with two attached hydrogens (primary N) is 1. The molecular formula is C13H16N4O. The van der Waals surface area contributed by atoms with Crippen molar-refractivity contribution in [3.63, 3.8) is 0 Å². The van der Waals surface area contributed by atoms with Crippen LogP contribution in [0.25, 0.3) is 0 Å². The van der Waals surface area contributed by atoms with Crippen molar-refractivity contribution < 1.29 is 0 Å². The molecule has 1 aromatic heterocycles. The van der Waals surface area contributed by atoms with Crippen LogP contribution in [0, 0.1) is 0 Å². The third-order valence-corrected chi connectivity index (χ3v) is 2.55. The van der Waals surface area contributed by atoms with Crippen LogP contribution >= 0.6 is 0 Å². The van der Waals surface area contributed by atoms with Crippen LogP contribution in [0.5, 0.6) is 0 Å². The molecule has 0 aliphatic heterocycles. The lowest BCUT2D eigenvalue weighted by Gasteiger charge is -2.05. The van der Waals surface area contributed by atoms with E-state index in [2.05, 4.69) is 27.4 Å². The van der Waals surface area contributed by atoms with Gasteiger partial charge < -0.3 is 11.1 Å². The molecular weight excluding hydrogens is 228 g/mol. The number of nitrogens with one attached hydrogen (secondary N) is 2. The summed E-state index contributed by atoms with van der Waals surface area (Å²) in [6, 6.07) is 11.7. The monoisotopic (exact) mass is 244 g/mol. The molecule has 0 atom stereocenters. The van der Waals surface area contributed by atoms with Crippen molar-refractivity contribution >= 4 is 11.8 Å². The highest BCUT2D eigenvalue weighted by atomic mass is 16.1. The van der Waals surface area contributed by atoms with Crippen LogP contribution in [0.3, 0.4) is 0 Å². The van der Waals surface area contributed by atoms with E-state index in [4.69, 9.17) is 5.73 Å². The number of H-pyrrole nitrogens is 1. The minimum absolute atomic E-state index is 0.132. The Morgan fingerprint density at radius 2 is 2.06 bits per heavy atom. The summed E-state index contributed by atoms with van der Waals surface area (Å²) in [4.78, 5) is 17.5. The van der Waals surface area contributed by atoms with E-state index in [1.165, 1.54) is 11.6 Å². The van der Waals surface area contributed by atoms with Gasteiger partial charge in [-0.3, -0.25) is 9.78 Å². The van der Waals surface area contributed by atoms with Crippen LogP contribution in [0.2, 0.25) is 0 Å². The first-order valence-corrected chi connectivity index (χ1v) is 5.89. The van der Waals surface area contributed by atoms with E-state index in [1.54, 1.807) is 0 Å². The van der Waals surface area contributed by atoms with Gasteiger partial charge in [0.05, 0.1) is 0 Å². The first kappa shape index (κ1) is 12.2.